The molecule has 0 fully saturated rings. The van der Waals surface area contributed by atoms with E-state index in [1.54, 1.807) is 0 Å². The third-order valence-electron chi connectivity index (χ3n) is 0.434. The summed E-state index contributed by atoms with van der Waals surface area (Å²) in [5.74, 6) is -3.95. The van der Waals surface area contributed by atoms with Crippen LogP contribution in [0.15, 0.2) is 0 Å². The molecule has 0 bridgehead atoms. The Labute approximate surface area is 72.0 Å². The van der Waals surface area contributed by atoms with Crippen LogP contribution in [-0.2, 0) is 9.59 Å². The van der Waals surface area contributed by atoms with E-state index in [-0.39, 0.29) is 29.6 Å². The quantitative estimate of drug-likeness (QED) is 0.381. The van der Waals surface area contributed by atoms with E-state index in [0.29, 0.717) is 0 Å². The van der Waals surface area contributed by atoms with Crippen LogP contribution in [0.3, 0.4) is 0 Å². The molecule has 9 heavy (non-hydrogen) atoms. The molecule has 0 unspecified atom stereocenters. The predicted molar refractivity (Wildman–Crippen MR) is 27.3 cm³/mol. The summed E-state index contributed by atoms with van der Waals surface area (Å²) in [5, 5.41) is 15.2. The zero-order valence-corrected chi connectivity index (χ0v) is 3.67. The van der Waals surface area contributed by atoms with Crippen molar-refractivity contribution in [1.82, 2.24) is 0 Å². The molecule has 0 amide bonds. The standard InChI is InChI=1S/C3H3FO4.Na.H/c4-1(2(5)6)3(7)8;;/h1H,(H,5,6)(H,7,8);;. The van der Waals surface area contributed by atoms with Gasteiger partial charge in [-0.2, -0.15) is 0 Å². The molecule has 48 valence electrons. The van der Waals surface area contributed by atoms with Crippen LogP contribution >= 0.6 is 0 Å². The molecule has 2 N–H and O–H groups in total. The van der Waals surface area contributed by atoms with Crippen LogP contribution in [0.2, 0.25) is 0 Å². The number of carboxylic acid groups (broad SMARTS) is 2. The summed E-state index contributed by atoms with van der Waals surface area (Å²) in [6.45, 7) is 0. The number of rotatable bonds is 2. The Hall–Kier alpha value is -0.130. The molecule has 0 atom stereocenters. The molecule has 0 aromatic heterocycles. The Bertz CT molecular complexity index is 111. The molecular formula is C3H4FNaO4. The average Bonchev–Trinajstić information content (AvgIpc) is 1.64. The first-order valence-electron chi connectivity index (χ1n) is 1.65. The van der Waals surface area contributed by atoms with Gasteiger partial charge in [0.2, 0.25) is 0 Å². The van der Waals surface area contributed by atoms with Gasteiger partial charge in [0.15, 0.2) is 0 Å². The Morgan fingerprint density at radius 1 is 1.22 bits per heavy atom. The predicted octanol–water partition coefficient (Wildman–Crippen LogP) is -1.15. The molecule has 0 aliphatic heterocycles. The fraction of sp³-hybridized carbons (Fsp3) is 0.333. The molecule has 0 saturated heterocycles. The van der Waals surface area contributed by atoms with Gasteiger partial charge >= 0.3 is 41.5 Å². The minimum absolute atomic E-state index is 0. The van der Waals surface area contributed by atoms with E-state index in [1.165, 1.54) is 0 Å². The van der Waals surface area contributed by atoms with Crippen molar-refractivity contribution in [2.75, 3.05) is 0 Å². The van der Waals surface area contributed by atoms with Crippen molar-refractivity contribution in [3.05, 3.63) is 0 Å². The van der Waals surface area contributed by atoms with E-state index < -0.39 is 18.1 Å². The van der Waals surface area contributed by atoms with Crippen molar-refractivity contribution in [1.29, 1.82) is 0 Å². The number of alkyl halides is 1. The molecule has 0 heterocycles. The van der Waals surface area contributed by atoms with Gasteiger partial charge in [-0.3, -0.25) is 0 Å². The SMILES string of the molecule is O=C(O)C(F)C(=O)O.[NaH]. The zero-order chi connectivity index (χ0) is 6.73. The van der Waals surface area contributed by atoms with Gasteiger partial charge in [-0.25, -0.2) is 14.0 Å². The van der Waals surface area contributed by atoms with Crippen LogP contribution in [0.25, 0.3) is 0 Å². The topological polar surface area (TPSA) is 74.6 Å². The first kappa shape index (κ1) is 11.6. The molecule has 0 aromatic carbocycles. The Morgan fingerprint density at radius 2 is 1.44 bits per heavy atom. The van der Waals surface area contributed by atoms with Crippen molar-refractivity contribution in [3.63, 3.8) is 0 Å². The first-order chi connectivity index (χ1) is 3.55. The minimum atomic E-state index is -2.80. The van der Waals surface area contributed by atoms with Crippen molar-refractivity contribution in [2.45, 2.75) is 6.17 Å². The number of aliphatic carboxylic acids is 2. The maximum absolute atomic E-state index is 11.4. The fourth-order valence-electron chi connectivity index (χ4n) is 0.106. The fourth-order valence-corrected chi connectivity index (χ4v) is 0.106. The van der Waals surface area contributed by atoms with Crippen LogP contribution < -0.4 is 0 Å². The van der Waals surface area contributed by atoms with E-state index in [9.17, 15) is 14.0 Å². The molecule has 0 aliphatic carbocycles. The van der Waals surface area contributed by atoms with Gasteiger partial charge in [-0.05, 0) is 0 Å². The summed E-state index contributed by atoms with van der Waals surface area (Å²) in [6.07, 6.45) is -2.80. The van der Waals surface area contributed by atoms with E-state index in [1.807, 2.05) is 0 Å². The van der Waals surface area contributed by atoms with Crippen LogP contribution in [0.4, 0.5) is 4.39 Å². The molecule has 0 radical (unpaired) electrons. The molecular weight excluding hydrogens is 142 g/mol. The third-order valence-corrected chi connectivity index (χ3v) is 0.434. The second-order valence-electron chi connectivity index (χ2n) is 1.04. The van der Waals surface area contributed by atoms with Crippen molar-refractivity contribution >= 4 is 41.5 Å². The van der Waals surface area contributed by atoms with E-state index in [2.05, 4.69) is 0 Å². The molecule has 4 nitrogen and oxygen atoms in total. The van der Waals surface area contributed by atoms with Crippen LogP contribution in [0, 0.1) is 0 Å². The summed E-state index contributed by atoms with van der Waals surface area (Å²) in [7, 11) is 0. The van der Waals surface area contributed by atoms with Crippen LogP contribution in [0.5, 0.6) is 0 Å². The van der Waals surface area contributed by atoms with Gasteiger partial charge in [0.05, 0.1) is 0 Å². The van der Waals surface area contributed by atoms with E-state index in [0.717, 1.165) is 0 Å². The number of hydrogen-bond donors (Lipinski definition) is 2. The summed E-state index contributed by atoms with van der Waals surface area (Å²) in [6, 6.07) is 0. The Kier molecular flexibility index (Phi) is 6.11. The van der Waals surface area contributed by atoms with Gasteiger partial charge in [-0.15, -0.1) is 0 Å². The first-order valence-corrected chi connectivity index (χ1v) is 1.65. The number of hydrogen-bond acceptors (Lipinski definition) is 2. The van der Waals surface area contributed by atoms with Crippen molar-refractivity contribution in [3.8, 4) is 0 Å². The summed E-state index contributed by atoms with van der Waals surface area (Å²) < 4.78 is 11.4. The summed E-state index contributed by atoms with van der Waals surface area (Å²) >= 11 is 0. The number of carbonyl (C=O) groups is 2. The molecule has 0 spiro atoms. The van der Waals surface area contributed by atoms with Gasteiger partial charge in [0.25, 0.3) is 6.17 Å². The molecule has 0 rings (SSSR count). The maximum atomic E-state index is 11.4. The Morgan fingerprint density at radius 3 is 1.44 bits per heavy atom. The monoisotopic (exact) mass is 146 g/mol. The van der Waals surface area contributed by atoms with Crippen LogP contribution in [0.1, 0.15) is 0 Å². The van der Waals surface area contributed by atoms with Gasteiger partial charge in [-0.1, -0.05) is 0 Å². The zero-order valence-electron chi connectivity index (χ0n) is 3.67. The van der Waals surface area contributed by atoms with Crippen molar-refractivity contribution < 1.29 is 24.2 Å². The summed E-state index contributed by atoms with van der Waals surface area (Å²) in [4.78, 5) is 18.8. The molecule has 0 aromatic rings. The average molecular weight is 146 g/mol. The van der Waals surface area contributed by atoms with E-state index >= 15 is 0 Å². The number of halogens is 1. The normalized spacial score (nSPS) is 8.22. The third kappa shape index (κ3) is 4.38. The second kappa shape index (κ2) is 4.72. The number of carboxylic acids is 2. The van der Waals surface area contributed by atoms with Gasteiger partial charge in [0.1, 0.15) is 0 Å². The molecule has 0 saturated carbocycles. The van der Waals surface area contributed by atoms with Crippen molar-refractivity contribution in [2.24, 2.45) is 0 Å². The van der Waals surface area contributed by atoms with Gasteiger partial charge < -0.3 is 10.2 Å². The molecule has 6 heteroatoms. The second-order valence-corrected chi connectivity index (χ2v) is 1.04. The molecule has 0 aliphatic rings. The van der Waals surface area contributed by atoms with Gasteiger partial charge in [0, 0.05) is 0 Å². The summed E-state index contributed by atoms with van der Waals surface area (Å²) in [5.41, 5.74) is 0. The van der Waals surface area contributed by atoms with E-state index in [4.69, 9.17) is 10.2 Å². The Balaban J connectivity index is 0. The van der Waals surface area contributed by atoms with Crippen LogP contribution in [-0.4, -0.2) is 57.9 Å².